The van der Waals surface area contributed by atoms with Crippen molar-refractivity contribution in [2.45, 2.75) is 13.0 Å². The first kappa shape index (κ1) is 13.4. The number of fused-ring (bicyclic) bond motifs is 1. The monoisotopic (exact) mass is 263 g/mol. The minimum Gasteiger partial charge on any atom is -0.482 e. The Kier molecular flexibility index (Phi) is 4.01. The Labute approximate surface area is 111 Å². The molecule has 0 spiro atoms. The predicted octanol–water partition coefficient (Wildman–Crippen LogP) is 0.355. The lowest BCUT2D eigenvalue weighted by Gasteiger charge is -2.18. The number of carbonyl (C=O) groups is 2. The fraction of sp³-hybridized carbons (Fsp3) is 0.385. The van der Waals surface area contributed by atoms with Crippen molar-refractivity contribution >= 4 is 17.5 Å². The van der Waals surface area contributed by atoms with Gasteiger partial charge in [-0.15, -0.1) is 0 Å². The van der Waals surface area contributed by atoms with Gasteiger partial charge in [0.2, 0.25) is 0 Å². The lowest BCUT2D eigenvalue weighted by molar-refractivity contribution is -0.118. The smallest absolute Gasteiger partial charge is 0.262 e. The molecule has 0 saturated carbocycles. The Morgan fingerprint density at radius 1 is 1.53 bits per heavy atom. The molecule has 1 atom stereocenters. The molecule has 19 heavy (non-hydrogen) atoms. The highest BCUT2D eigenvalue weighted by Crippen LogP contribution is 2.28. The molecule has 1 aromatic carbocycles. The summed E-state index contributed by atoms with van der Waals surface area (Å²) in [6.45, 7) is 2.50. The van der Waals surface area contributed by atoms with Gasteiger partial charge in [0.25, 0.3) is 11.8 Å². The van der Waals surface area contributed by atoms with Crippen LogP contribution in [0.1, 0.15) is 17.3 Å². The van der Waals surface area contributed by atoms with Gasteiger partial charge in [-0.1, -0.05) is 0 Å². The average Bonchev–Trinajstić information content (AvgIpc) is 2.43. The van der Waals surface area contributed by atoms with Crippen molar-refractivity contribution in [1.29, 1.82) is 0 Å². The lowest BCUT2D eigenvalue weighted by atomic mass is 10.1. The minimum absolute atomic E-state index is 0.0190. The summed E-state index contributed by atoms with van der Waals surface area (Å²) in [5, 5.41) is 8.54. The maximum absolute atomic E-state index is 11.9. The highest BCUT2D eigenvalue weighted by atomic mass is 16.5. The minimum atomic E-state index is -0.187. The molecule has 0 fully saturated rings. The summed E-state index contributed by atoms with van der Waals surface area (Å²) in [5.74, 6) is 0.173. The Hall–Kier alpha value is -2.08. The van der Waals surface area contributed by atoms with Crippen LogP contribution in [-0.2, 0) is 4.79 Å². The zero-order valence-electron chi connectivity index (χ0n) is 10.9. The highest BCUT2D eigenvalue weighted by Gasteiger charge is 2.17. The molecular weight excluding hydrogens is 246 g/mol. The van der Waals surface area contributed by atoms with E-state index in [4.69, 9.17) is 4.74 Å². The number of hydrogen-bond donors (Lipinski definition) is 3. The average molecular weight is 263 g/mol. The van der Waals surface area contributed by atoms with E-state index in [0.717, 1.165) is 0 Å². The Bertz CT molecular complexity index is 502. The molecule has 0 saturated heterocycles. The molecule has 1 heterocycles. The Balaban J connectivity index is 2.05. The summed E-state index contributed by atoms with van der Waals surface area (Å²) in [5.41, 5.74) is 1.11. The molecule has 1 aromatic rings. The quantitative estimate of drug-likeness (QED) is 0.732. The van der Waals surface area contributed by atoms with Gasteiger partial charge in [0.1, 0.15) is 5.75 Å². The van der Waals surface area contributed by atoms with Gasteiger partial charge in [-0.25, -0.2) is 0 Å². The molecule has 2 rings (SSSR count). The summed E-state index contributed by atoms with van der Waals surface area (Å²) in [6.07, 6.45) is 0. The van der Waals surface area contributed by atoms with Crippen LogP contribution >= 0.6 is 0 Å². The van der Waals surface area contributed by atoms with Gasteiger partial charge in [0.15, 0.2) is 6.61 Å². The Morgan fingerprint density at radius 2 is 2.32 bits per heavy atom. The topological polar surface area (TPSA) is 79.5 Å². The zero-order valence-corrected chi connectivity index (χ0v) is 10.9. The molecule has 1 aliphatic rings. The van der Waals surface area contributed by atoms with E-state index in [-0.39, 0.29) is 24.5 Å². The molecule has 6 heteroatoms. The fourth-order valence-corrected chi connectivity index (χ4v) is 1.67. The van der Waals surface area contributed by atoms with E-state index in [0.29, 0.717) is 23.5 Å². The van der Waals surface area contributed by atoms with Crippen LogP contribution in [0.3, 0.4) is 0 Å². The number of nitrogens with one attached hydrogen (secondary N) is 3. The lowest BCUT2D eigenvalue weighted by Crippen LogP contribution is -2.37. The molecule has 0 aliphatic carbocycles. The van der Waals surface area contributed by atoms with E-state index in [1.54, 1.807) is 18.2 Å². The van der Waals surface area contributed by atoms with Gasteiger partial charge in [-0.2, -0.15) is 0 Å². The van der Waals surface area contributed by atoms with Gasteiger partial charge in [-0.3, -0.25) is 9.59 Å². The molecule has 3 N–H and O–H groups in total. The van der Waals surface area contributed by atoms with Crippen LogP contribution in [0.25, 0.3) is 0 Å². The molecule has 0 radical (unpaired) electrons. The molecular formula is C13H17N3O3. The summed E-state index contributed by atoms with van der Waals surface area (Å²) in [6, 6.07) is 5.17. The first-order valence-electron chi connectivity index (χ1n) is 6.12. The van der Waals surface area contributed by atoms with Crippen LogP contribution < -0.4 is 20.7 Å². The number of ether oxygens (including phenoxy) is 1. The van der Waals surface area contributed by atoms with Crippen LogP contribution in [0, 0.1) is 0 Å². The first-order chi connectivity index (χ1) is 9.10. The SMILES string of the molecule is CNC(C)CNC(=O)c1ccc2c(c1)OCC(=O)N2. The first-order valence-corrected chi connectivity index (χ1v) is 6.12. The third-order valence-electron chi connectivity index (χ3n) is 2.94. The van der Waals surface area contributed by atoms with Crippen molar-refractivity contribution < 1.29 is 14.3 Å². The van der Waals surface area contributed by atoms with Crippen molar-refractivity contribution in [3.8, 4) is 5.75 Å². The number of amides is 2. The van der Waals surface area contributed by atoms with E-state index < -0.39 is 0 Å². The molecule has 102 valence electrons. The van der Waals surface area contributed by atoms with Crippen LogP contribution in [0.15, 0.2) is 18.2 Å². The highest BCUT2D eigenvalue weighted by molar-refractivity contribution is 5.98. The van der Waals surface area contributed by atoms with Crippen LogP contribution in [0.5, 0.6) is 5.75 Å². The van der Waals surface area contributed by atoms with E-state index in [1.165, 1.54) is 0 Å². The third kappa shape index (κ3) is 3.23. The number of hydrogen-bond acceptors (Lipinski definition) is 4. The molecule has 2 amide bonds. The van der Waals surface area contributed by atoms with E-state index in [9.17, 15) is 9.59 Å². The van der Waals surface area contributed by atoms with Crippen molar-refractivity contribution in [1.82, 2.24) is 10.6 Å². The standard InChI is InChI=1S/C13H17N3O3/c1-8(14-2)6-15-13(18)9-3-4-10-11(5-9)19-7-12(17)16-10/h3-5,8,14H,6-7H2,1-2H3,(H,15,18)(H,16,17). The second kappa shape index (κ2) is 5.71. The van der Waals surface area contributed by atoms with Gasteiger partial charge in [-0.05, 0) is 32.2 Å². The molecule has 1 unspecified atom stereocenters. The maximum Gasteiger partial charge on any atom is 0.262 e. The van der Waals surface area contributed by atoms with E-state index in [1.807, 2.05) is 14.0 Å². The van der Waals surface area contributed by atoms with E-state index >= 15 is 0 Å². The summed E-state index contributed by atoms with van der Waals surface area (Å²) in [4.78, 5) is 23.1. The zero-order chi connectivity index (χ0) is 13.8. The third-order valence-corrected chi connectivity index (χ3v) is 2.94. The second-order valence-electron chi connectivity index (χ2n) is 4.45. The van der Waals surface area contributed by atoms with Gasteiger partial charge in [0, 0.05) is 18.2 Å². The van der Waals surface area contributed by atoms with Crippen molar-refractivity contribution in [2.75, 3.05) is 25.5 Å². The number of likely N-dealkylation sites (N-methyl/N-ethyl adjacent to an activating group) is 1. The molecule has 6 nitrogen and oxygen atoms in total. The molecule has 1 aliphatic heterocycles. The summed E-state index contributed by atoms with van der Waals surface area (Å²) in [7, 11) is 1.84. The largest absolute Gasteiger partial charge is 0.482 e. The number of carbonyl (C=O) groups excluding carboxylic acids is 2. The van der Waals surface area contributed by atoms with Crippen LogP contribution in [-0.4, -0.2) is 38.1 Å². The number of benzene rings is 1. The number of rotatable bonds is 4. The van der Waals surface area contributed by atoms with Crippen molar-refractivity contribution in [3.63, 3.8) is 0 Å². The van der Waals surface area contributed by atoms with Crippen molar-refractivity contribution in [2.24, 2.45) is 0 Å². The van der Waals surface area contributed by atoms with Gasteiger partial charge >= 0.3 is 0 Å². The van der Waals surface area contributed by atoms with Crippen LogP contribution in [0.2, 0.25) is 0 Å². The predicted molar refractivity (Wildman–Crippen MR) is 71.4 cm³/mol. The fourth-order valence-electron chi connectivity index (χ4n) is 1.67. The second-order valence-corrected chi connectivity index (χ2v) is 4.45. The molecule has 0 bridgehead atoms. The van der Waals surface area contributed by atoms with Crippen molar-refractivity contribution in [3.05, 3.63) is 23.8 Å². The van der Waals surface area contributed by atoms with Gasteiger partial charge in [0.05, 0.1) is 5.69 Å². The summed E-state index contributed by atoms with van der Waals surface area (Å²) < 4.78 is 5.27. The summed E-state index contributed by atoms with van der Waals surface area (Å²) >= 11 is 0. The number of anilines is 1. The molecule has 0 aromatic heterocycles. The Morgan fingerprint density at radius 3 is 3.05 bits per heavy atom. The van der Waals surface area contributed by atoms with Crippen LogP contribution in [0.4, 0.5) is 5.69 Å². The van der Waals surface area contributed by atoms with E-state index in [2.05, 4.69) is 16.0 Å². The maximum atomic E-state index is 11.9. The van der Waals surface area contributed by atoms with Gasteiger partial charge < -0.3 is 20.7 Å². The normalized spacial score (nSPS) is 14.9.